The van der Waals surface area contributed by atoms with E-state index in [1.165, 1.54) is 4.90 Å². The van der Waals surface area contributed by atoms with Crippen LogP contribution in [0.15, 0.2) is 28.7 Å². The molecular weight excluding hydrogens is 328 g/mol. The fourth-order valence-electron chi connectivity index (χ4n) is 2.30. The molecule has 7 heteroatoms. The molecule has 1 saturated heterocycles. The Morgan fingerprint density at radius 2 is 2.05 bits per heavy atom. The zero-order chi connectivity index (χ0) is 14.9. The Labute approximate surface area is 123 Å². The molecule has 0 aliphatic carbocycles. The molecule has 1 aliphatic rings. The lowest BCUT2D eigenvalue weighted by molar-refractivity contribution is -0.148. The predicted octanol–water partition coefficient (Wildman–Crippen LogP) is 0.909. The van der Waals surface area contributed by atoms with Gasteiger partial charge in [0, 0.05) is 23.0 Å². The van der Waals surface area contributed by atoms with Crippen molar-refractivity contribution in [2.75, 3.05) is 6.54 Å². The monoisotopic (exact) mass is 340 g/mol. The summed E-state index contributed by atoms with van der Waals surface area (Å²) in [6, 6.07) is 5.67. The van der Waals surface area contributed by atoms with Crippen LogP contribution in [0.2, 0.25) is 0 Å². The fourth-order valence-corrected chi connectivity index (χ4v) is 2.80. The molecule has 3 N–H and O–H groups in total. The molecule has 2 atom stereocenters. The second kappa shape index (κ2) is 5.62. The third-order valence-corrected chi connectivity index (χ3v) is 4.03. The van der Waals surface area contributed by atoms with Crippen LogP contribution < -0.4 is 5.73 Å². The highest BCUT2D eigenvalue weighted by atomic mass is 79.9. The Bertz CT molecular complexity index is 575. The molecule has 2 unspecified atom stereocenters. The molecule has 1 heterocycles. The molecule has 2 rings (SSSR count). The van der Waals surface area contributed by atoms with Crippen molar-refractivity contribution in [3.63, 3.8) is 0 Å². The first-order chi connectivity index (χ1) is 9.41. The van der Waals surface area contributed by atoms with E-state index in [1.807, 2.05) is 0 Å². The zero-order valence-electron chi connectivity index (χ0n) is 10.5. The number of primary amides is 1. The van der Waals surface area contributed by atoms with Crippen LogP contribution in [0.25, 0.3) is 0 Å². The minimum absolute atomic E-state index is 0.0342. The Morgan fingerprint density at radius 1 is 1.40 bits per heavy atom. The topological polar surface area (TPSA) is 101 Å². The molecule has 20 heavy (non-hydrogen) atoms. The van der Waals surface area contributed by atoms with Gasteiger partial charge in [-0.15, -0.1) is 0 Å². The van der Waals surface area contributed by atoms with Gasteiger partial charge in [-0.05, 0) is 6.07 Å². The number of carboxylic acid groups (broad SMARTS) is 1. The molecule has 0 radical (unpaired) electrons. The first-order valence-corrected chi connectivity index (χ1v) is 6.77. The number of nitrogens with two attached hydrogens (primary N) is 1. The smallest absolute Gasteiger partial charge is 0.331 e. The minimum Gasteiger partial charge on any atom is -0.479 e. The van der Waals surface area contributed by atoms with Gasteiger partial charge in [0.15, 0.2) is 6.04 Å². The highest BCUT2D eigenvalue weighted by molar-refractivity contribution is 9.10. The highest BCUT2D eigenvalue weighted by Gasteiger charge is 2.41. The summed E-state index contributed by atoms with van der Waals surface area (Å²) < 4.78 is 0.600. The standard InChI is InChI=1S/C13H13BrN2O4/c14-9-4-2-1-3-8(9)11(13(19)20)16-6-7(12(15)18)5-10(16)17/h1-4,7,11H,5-6H2,(H2,15,18)(H,19,20). The molecule has 0 saturated carbocycles. The molecule has 106 valence electrons. The van der Waals surface area contributed by atoms with E-state index in [2.05, 4.69) is 15.9 Å². The lowest BCUT2D eigenvalue weighted by Gasteiger charge is -2.25. The van der Waals surface area contributed by atoms with Gasteiger partial charge in [0.25, 0.3) is 0 Å². The molecule has 1 fully saturated rings. The summed E-state index contributed by atoms with van der Waals surface area (Å²) in [6.45, 7) is 0.0342. The molecular formula is C13H13BrN2O4. The van der Waals surface area contributed by atoms with Gasteiger partial charge in [-0.1, -0.05) is 34.1 Å². The number of hydrogen-bond acceptors (Lipinski definition) is 3. The maximum Gasteiger partial charge on any atom is 0.331 e. The first kappa shape index (κ1) is 14.5. The van der Waals surface area contributed by atoms with E-state index in [0.29, 0.717) is 10.0 Å². The molecule has 2 amide bonds. The number of likely N-dealkylation sites (tertiary alicyclic amines) is 1. The summed E-state index contributed by atoms with van der Waals surface area (Å²) >= 11 is 3.28. The average Bonchev–Trinajstić information content (AvgIpc) is 2.74. The predicted molar refractivity (Wildman–Crippen MR) is 73.5 cm³/mol. The van der Waals surface area contributed by atoms with Crippen molar-refractivity contribution in [1.82, 2.24) is 4.90 Å². The van der Waals surface area contributed by atoms with Crippen LogP contribution in [-0.2, 0) is 14.4 Å². The van der Waals surface area contributed by atoms with E-state index < -0.39 is 23.8 Å². The number of carboxylic acids is 1. The van der Waals surface area contributed by atoms with Crippen LogP contribution in [0.1, 0.15) is 18.0 Å². The van der Waals surface area contributed by atoms with Crippen molar-refractivity contribution in [1.29, 1.82) is 0 Å². The number of amides is 2. The van der Waals surface area contributed by atoms with Gasteiger partial charge in [-0.25, -0.2) is 4.79 Å². The van der Waals surface area contributed by atoms with Gasteiger partial charge in [-0.3, -0.25) is 9.59 Å². The molecule has 1 aliphatic heterocycles. The van der Waals surface area contributed by atoms with Crippen LogP contribution in [0.5, 0.6) is 0 Å². The van der Waals surface area contributed by atoms with Crippen molar-refractivity contribution < 1.29 is 19.5 Å². The van der Waals surface area contributed by atoms with E-state index in [0.717, 1.165) is 0 Å². The first-order valence-electron chi connectivity index (χ1n) is 5.98. The maximum absolute atomic E-state index is 12.0. The van der Waals surface area contributed by atoms with Gasteiger partial charge in [0.1, 0.15) is 0 Å². The van der Waals surface area contributed by atoms with Crippen molar-refractivity contribution in [2.24, 2.45) is 11.7 Å². The molecule has 6 nitrogen and oxygen atoms in total. The lowest BCUT2D eigenvalue weighted by Crippen LogP contribution is -2.36. The fraction of sp³-hybridized carbons (Fsp3) is 0.308. The van der Waals surface area contributed by atoms with Gasteiger partial charge >= 0.3 is 5.97 Å². The largest absolute Gasteiger partial charge is 0.479 e. The summed E-state index contributed by atoms with van der Waals surface area (Å²) in [5.41, 5.74) is 5.66. The van der Waals surface area contributed by atoms with Crippen molar-refractivity contribution >= 4 is 33.7 Å². The van der Waals surface area contributed by atoms with Gasteiger partial charge < -0.3 is 15.7 Å². The number of rotatable bonds is 4. The average molecular weight is 341 g/mol. The summed E-state index contributed by atoms with van der Waals surface area (Å²) in [4.78, 5) is 35.9. The summed E-state index contributed by atoms with van der Waals surface area (Å²) in [5.74, 6) is -2.74. The van der Waals surface area contributed by atoms with Gasteiger partial charge in [0.2, 0.25) is 11.8 Å². The number of halogens is 1. The number of benzene rings is 1. The molecule has 1 aromatic carbocycles. The van der Waals surface area contributed by atoms with Gasteiger partial charge in [-0.2, -0.15) is 0 Å². The van der Waals surface area contributed by atoms with Crippen LogP contribution in [-0.4, -0.2) is 34.3 Å². The third-order valence-electron chi connectivity index (χ3n) is 3.31. The number of nitrogens with zero attached hydrogens (tertiary/aromatic N) is 1. The molecule has 0 spiro atoms. The SMILES string of the molecule is NC(=O)C1CC(=O)N(C(C(=O)O)c2ccccc2Br)C1. The number of hydrogen-bond donors (Lipinski definition) is 2. The quantitative estimate of drug-likeness (QED) is 0.850. The van der Waals surface area contributed by atoms with E-state index >= 15 is 0 Å². The Balaban J connectivity index is 2.36. The highest BCUT2D eigenvalue weighted by Crippen LogP contribution is 2.32. The van der Waals surface area contributed by atoms with Crippen LogP contribution in [0.3, 0.4) is 0 Å². The Morgan fingerprint density at radius 3 is 2.55 bits per heavy atom. The molecule has 1 aromatic rings. The summed E-state index contributed by atoms with van der Waals surface area (Å²) in [6.07, 6.45) is -0.0381. The van der Waals surface area contributed by atoms with Crippen molar-refractivity contribution in [3.8, 4) is 0 Å². The van der Waals surface area contributed by atoms with E-state index in [9.17, 15) is 19.5 Å². The second-order valence-electron chi connectivity index (χ2n) is 4.61. The van der Waals surface area contributed by atoms with E-state index in [-0.39, 0.29) is 18.9 Å². The van der Waals surface area contributed by atoms with Crippen LogP contribution in [0.4, 0.5) is 0 Å². The van der Waals surface area contributed by atoms with E-state index in [1.54, 1.807) is 24.3 Å². The number of aliphatic carboxylic acids is 1. The Kier molecular flexibility index (Phi) is 4.08. The number of carbonyl (C=O) groups excluding carboxylic acids is 2. The Hall–Kier alpha value is -1.89. The number of carbonyl (C=O) groups is 3. The normalized spacial score (nSPS) is 19.9. The molecule has 0 aromatic heterocycles. The zero-order valence-corrected chi connectivity index (χ0v) is 12.0. The van der Waals surface area contributed by atoms with Crippen molar-refractivity contribution in [2.45, 2.75) is 12.5 Å². The van der Waals surface area contributed by atoms with Gasteiger partial charge in [0.05, 0.1) is 5.92 Å². The summed E-state index contributed by atoms with van der Waals surface area (Å²) in [5, 5.41) is 9.42. The third kappa shape index (κ3) is 2.67. The van der Waals surface area contributed by atoms with Crippen LogP contribution in [0, 0.1) is 5.92 Å². The van der Waals surface area contributed by atoms with Crippen LogP contribution >= 0.6 is 15.9 Å². The maximum atomic E-state index is 12.0. The lowest BCUT2D eigenvalue weighted by atomic mass is 10.1. The minimum atomic E-state index is -1.14. The van der Waals surface area contributed by atoms with Crippen molar-refractivity contribution in [3.05, 3.63) is 34.3 Å². The summed E-state index contributed by atoms with van der Waals surface area (Å²) in [7, 11) is 0. The second-order valence-corrected chi connectivity index (χ2v) is 5.47. The van der Waals surface area contributed by atoms with E-state index in [4.69, 9.17) is 5.73 Å². The molecule has 0 bridgehead atoms.